The summed E-state index contributed by atoms with van der Waals surface area (Å²) in [4.78, 5) is 10.9. The highest BCUT2D eigenvalue weighted by Crippen LogP contribution is 2.22. The maximum atomic E-state index is 13.5. The normalized spacial score (nSPS) is 10.3. The van der Waals surface area contributed by atoms with E-state index in [9.17, 15) is 9.18 Å². The zero-order valence-corrected chi connectivity index (χ0v) is 14.8. The molecule has 2 aromatic carbocycles. The molecular formula is C20H19ClFNO3. The molecule has 0 atom stereocenters. The van der Waals surface area contributed by atoms with Crippen LogP contribution < -0.4 is 5.32 Å². The molecule has 0 bridgehead atoms. The first-order valence-corrected chi connectivity index (χ1v) is 8.00. The highest BCUT2D eigenvalue weighted by molar-refractivity contribution is 5.88. The largest absolute Gasteiger partial charge is 0.478 e. The highest BCUT2D eigenvalue weighted by Gasteiger charge is 2.07. The number of hydrogen-bond donors (Lipinski definition) is 2. The molecule has 3 rings (SSSR count). The summed E-state index contributed by atoms with van der Waals surface area (Å²) in [5.41, 5.74) is 1.75. The minimum Gasteiger partial charge on any atom is -0.478 e. The number of nitrogens with one attached hydrogen (secondary N) is 1. The zero-order chi connectivity index (χ0) is 17.6. The molecule has 0 radical (unpaired) electrons. The molecule has 0 spiro atoms. The predicted molar refractivity (Wildman–Crippen MR) is 100 cm³/mol. The van der Waals surface area contributed by atoms with Gasteiger partial charge in [0.15, 0.2) is 0 Å². The molecule has 4 nitrogen and oxygen atoms in total. The molecule has 0 aliphatic rings. The lowest BCUT2D eigenvalue weighted by molar-refractivity contribution is 0.0697. The number of aromatic carboxylic acids is 1. The Morgan fingerprint density at radius 3 is 2.46 bits per heavy atom. The fourth-order valence-electron chi connectivity index (χ4n) is 2.54. The maximum Gasteiger partial charge on any atom is 0.335 e. The van der Waals surface area contributed by atoms with Gasteiger partial charge in [-0.1, -0.05) is 30.3 Å². The van der Waals surface area contributed by atoms with Crippen molar-refractivity contribution < 1.29 is 18.7 Å². The molecule has 136 valence electrons. The second kappa shape index (κ2) is 9.17. The average Bonchev–Trinajstić information content (AvgIpc) is 3.09. The summed E-state index contributed by atoms with van der Waals surface area (Å²) >= 11 is 0. The van der Waals surface area contributed by atoms with Gasteiger partial charge in [0.1, 0.15) is 17.3 Å². The Morgan fingerprint density at radius 2 is 1.77 bits per heavy atom. The van der Waals surface area contributed by atoms with E-state index < -0.39 is 5.97 Å². The van der Waals surface area contributed by atoms with Crippen LogP contribution in [0.1, 0.15) is 21.7 Å². The van der Waals surface area contributed by atoms with Crippen LogP contribution in [-0.4, -0.2) is 17.6 Å². The van der Waals surface area contributed by atoms with Gasteiger partial charge in [-0.25, -0.2) is 9.18 Å². The summed E-state index contributed by atoms with van der Waals surface area (Å²) < 4.78 is 19.3. The predicted octanol–water partition coefficient (Wildman–Crippen LogP) is 4.54. The molecule has 1 aromatic heterocycles. The summed E-state index contributed by atoms with van der Waals surface area (Å²) in [7, 11) is 0. The lowest BCUT2D eigenvalue weighted by Gasteiger charge is -2.04. The molecule has 0 saturated carbocycles. The second-order valence-corrected chi connectivity index (χ2v) is 5.67. The fraction of sp³-hybridized carbons (Fsp3) is 0.150. The van der Waals surface area contributed by atoms with E-state index in [2.05, 4.69) is 5.32 Å². The smallest absolute Gasteiger partial charge is 0.335 e. The minimum absolute atomic E-state index is 0. The van der Waals surface area contributed by atoms with Gasteiger partial charge in [0.2, 0.25) is 0 Å². The zero-order valence-electron chi connectivity index (χ0n) is 13.9. The van der Waals surface area contributed by atoms with E-state index in [-0.39, 0.29) is 23.8 Å². The highest BCUT2D eigenvalue weighted by atomic mass is 35.5. The van der Waals surface area contributed by atoms with E-state index in [1.54, 1.807) is 36.4 Å². The van der Waals surface area contributed by atoms with Crippen LogP contribution in [0.25, 0.3) is 11.3 Å². The Bertz CT molecular complexity index is 862. The van der Waals surface area contributed by atoms with E-state index in [1.165, 1.54) is 6.07 Å². The van der Waals surface area contributed by atoms with Gasteiger partial charge in [-0.3, -0.25) is 0 Å². The minimum atomic E-state index is -0.953. The van der Waals surface area contributed by atoms with Gasteiger partial charge in [-0.05, 0) is 48.9 Å². The summed E-state index contributed by atoms with van der Waals surface area (Å²) in [5.74, 6) is 0.314. The van der Waals surface area contributed by atoms with Gasteiger partial charge < -0.3 is 14.8 Å². The van der Waals surface area contributed by atoms with Crippen LogP contribution in [0, 0.1) is 5.82 Å². The van der Waals surface area contributed by atoms with Gasteiger partial charge >= 0.3 is 5.97 Å². The fourth-order valence-corrected chi connectivity index (χ4v) is 2.54. The van der Waals surface area contributed by atoms with Crippen molar-refractivity contribution in [3.8, 4) is 11.3 Å². The van der Waals surface area contributed by atoms with Crippen molar-refractivity contribution in [2.45, 2.75) is 13.0 Å². The van der Waals surface area contributed by atoms with E-state index in [1.807, 2.05) is 18.2 Å². The molecule has 0 unspecified atom stereocenters. The number of hydrogen-bond acceptors (Lipinski definition) is 3. The van der Waals surface area contributed by atoms with Crippen molar-refractivity contribution in [1.82, 2.24) is 5.32 Å². The standard InChI is InChI=1S/C20H18FNO3.ClH/c21-18-4-2-1-3-14(18)11-12-22-13-17-9-10-19(25-17)15-5-7-16(8-6-15)20(23)24;/h1-10,22H,11-13H2,(H,23,24);1H. The number of carboxylic acid groups (broad SMARTS) is 1. The number of benzene rings is 2. The molecule has 0 aliphatic carbocycles. The molecule has 2 N–H and O–H groups in total. The van der Waals surface area contributed by atoms with Crippen LogP contribution in [0.4, 0.5) is 4.39 Å². The number of carboxylic acids is 1. The van der Waals surface area contributed by atoms with Crippen molar-refractivity contribution in [1.29, 1.82) is 0 Å². The molecule has 26 heavy (non-hydrogen) atoms. The van der Waals surface area contributed by atoms with E-state index in [4.69, 9.17) is 9.52 Å². The Balaban J connectivity index is 0.00000243. The Morgan fingerprint density at radius 1 is 1.04 bits per heavy atom. The molecule has 6 heteroatoms. The SMILES string of the molecule is Cl.O=C(O)c1ccc(-c2ccc(CNCCc3ccccc3F)o2)cc1. The summed E-state index contributed by atoms with van der Waals surface area (Å²) in [6.45, 7) is 1.19. The van der Waals surface area contributed by atoms with Crippen molar-refractivity contribution >= 4 is 18.4 Å². The van der Waals surface area contributed by atoms with Gasteiger partial charge in [-0.15, -0.1) is 12.4 Å². The first kappa shape index (κ1) is 19.7. The van der Waals surface area contributed by atoms with Crippen molar-refractivity contribution in [2.24, 2.45) is 0 Å². The number of halogens is 2. The first-order chi connectivity index (χ1) is 12.1. The van der Waals surface area contributed by atoms with Crippen LogP contribution in [0.15, 0.2) is 65.1 Å². The number of carbonyl (C=O) groups is 1. The van der Waals surface area contributed by atoms with Crippen LogP contribution in [0.2, 0.25) is 0 Å². The molecule has 1 heterocycles. The number of rotatable bonds is 7. The van der Waals surface area contributed by atoms with Crippen LogP contribution in [-0.2, 0) is 13.0 Å². The van der Waals surface area contributed by atoms with Gasteiger partial charge in [0, 0.05) is 5.56 Å². The topological polar surface area (TPSA) is 62.5 Å². The maximum absolute atomic E-state index is 13.5. The Kier molecular flexibility index (Phi) is 6.95. The van der Waals surface area contributed by atoms with Crippen molar-refractivity contribution in [2.75, 3.05) is 6.54 Å². The molecule has 0 saturated heterocycles. The lowest BCUT2D eigenvalue weighted by Crippen LogP contribution is -2.16. The van der Waals surface area contributed by atoms with Crippen molar-refractivity contribution in [3.05, 3.63) is 83.4 Å². The molecule has 0 fully saturated rings. The third-order valence-electron chi connectivity index (χ3n) is 3.91. The van der Waals surface area contributed by atoms with Gasteiger partial charge in [-0.2, -0.15) is 0 Å². The monoisotopic (exact) mass is 375 g/mol. The third kappa shape index (κ3) is 4.94. The van der Waals surface area contributed by atoms with E-state index >= 15 is 0 Å². The lowest BCUT2D eigenvalue weighted by atomic mass is 10.1. The first-order valence-electron chi connectivity index (χ1n) is 8.00. The number of furan rings is 1. The third-order valence-corrected chi connectivity index (χ3v) is 3.91. The quantitative estimate of drug-likeness (QED) is 0.595. The Labute approximate surface area is 157 Å². The summed E-state index contributed by atoms with van der Waals surface area (Å²) in [5, 5.41) is 12.1. The van der Waals surface area contributed by atoms with Crippen LogP contribution in [0.5, 0.6) is 0 Å². The van der Waals surface area contributed by atoms with Gasteiger partial charge in [0.25, 0.3) is 0 Å². The summed E-state index contributed by atoms with van der Waals surface area (Å²) in [6, 6.07) is 17.0. The van der Waals surface area contributed by atoms with Gasteiger partial charge in [0.05, 0.1) is 12.1 Å². The van der Waals surface area contributed by atoms with Crippen molar-refractivity contribution in [3.63, 3.8) is 0 Å². The summed E-state index contributed by atoms with van der Waals surface area (Å²) in [6.07, 6.45) is 0.608. The van der Waals surface area contributed by atoms with E-state index in [0.29, 0.717) is 30.8 Å². The molecule has 3 aromatic rings. The second-order valence-electron chi connectivity index (χ2n) is 5.67. The molecule has 0 aliphatic heterocycles. The molecule has 0 amide bonds. The van der Waals surface area contributed by atoms with Crippen LogP contribution in [0.3, 0.4) is 0 Å². The average molecular weight is 376 g/mol. The molecular weight excluding hydrogens is 357 g/mol. The van der Waals surface area contributed by atoms with E-state index in [0.717, 1.165) is 11.3 Å². The Hall–Kier alpha value is -2.63. The van der Waals surface area contributed by atoms with Crippen LogP contribution >= 0.6 is 12.4 Å².